The summed E-state index contributed by atoms with van der Waals surface area (Å²) < 4.78 is 13.8. The quantitative estimate of drug-likeness (QED) is 0.861. The number of nitrogens with zero attached hydrogens (tertiary/aromatic N) is 3. The van der Waals surface area contributed by atoms with E-state index >= 15 is 0 Å². The topological polar surface area (TPSA) is 65.5 Å². The van der Waals surface area contributed by atoms with E-state index in [1.54, 1.807) is 30.5 Å². The summed E-state index contributed by atoms with van der Waals surface area (Å²) in [5.41, 5.74) is 0.881. The first-order chi connectivity index (χ1) is 14.1. The van der Waals surface area contributed by atoms with Crippen molar-refractivity contribution in [2.75, 3.05) is 36.4 Å². The molecule has 0 radical (unpaired) electrons. The fourth-order valence-electron chi connectivity index (χ4n) is 4.00. The van der Waals surface area contributed by atoms with E-state index < -0.39 is 5.82 Å². The molecule has 1 aromatic heterocycles. The Bertz CT molecular complexity index is 890. The second-order valence-electron chi connectivity index (χ2n) is 7.63. The SMILES string of the molecule is O=C(Nc1ccccc1F)C1CCN(c2cc(C(=O)N3CCCC3)ccn2)CC1. The Morgan fingerprint density at radius 2 is 1.76 bits per heavy atom. The molecule has 2 saturated heterocycles. The number of pyridine rings is 1. The molecule has 0 aliphatic carbocycles. The average molecular weight is 396 g/mol. The van der Waals surface area contributed by atoms with Crippen LogP contribution < -0.4 is 10.2 Å². The molecule has 29 heavy (non-hydrogen) atoms. The van der Waals surface area contributed by atoms with Gasteiger partial charge in [0.2, 0.25) is 5.91 Å². The van der Waals surface area contributed by atoms with Crippen LogP contribution in [0.15, 0.2) is 42.6 Å². The van der Waals surface area contributed by atoms with Crippen LogP contribution in [0.5, 0.6) is 0 Å². The average Bonchev–Trinajstić information content (AvgIpc) is 3.30. The molecular formula is C22H25FN4O2. The number of carbonyl (C=O) groups excluding carboxylic acids is 2. The Morgan fingerprint density at radius 3 is 2.48 bits per heavy atom. The summed E-state index contributed by atoms with van der Waals surface area (Å²) >= 11 is 0. The van der Waals surface area contributed by atoms with Gasteiger partial charge in [-0.1, -0.05) is 12.1 Å². The predicted molar refractivity (Wildman–Crippen MR) is 109 cm³/mol. The second-order valence-corrected chi connectivity index (χ2v) is 7.63. The van der Waals surface area contributed by atoms with Crippen molar-refractivity contribution in [1.29, 1.82) is 0 Å². The standard InChI is InChI=1S/C22H25FN4O2/c23-18-5-1-2-6-19(18)25-21(28)16-8-13-26(14-9-16)20-15-17(7-10-24-20)22(29)27-11-3-4-12-27/h1-2,5-7,10,15-16H,3-4,8-9,11-14H2,(H,25,28). The minimum Gasteiger partial charge on any atom is -0.357 e. The number of halogens is 1. The molecule has 152 valence electrons. The number of likely N-dealkylation sites (tertiary alicyclic amines) is 1. The summed E-state index contributed by atoms with van der Waals surface area (Å²) in [6, 6.07) is 9.80. The van der Waals surface area contributed by atoms with Crippen molar-refractivity contribution in [1.82, 2.24) is 9.88 Å². The lowest BCUT2D eigenvalue weighted by Gasteiger charge is -2.32. The molecule has 2 aliphatic heterocycles. The first-order valence-corrected chi connectivity index (χ1v) is 10.2. The number of amides is 2. The van der Waals surface area contributed by atoms with Gasteiger partial charge in [0.05, 0.1) is 5.69 Å². The van der Waals surface area contributed by atoms with Gasteiger partial charge in [-0.3, -0.25) is 9.59 Å². The number of nitrogens with one attached hydrogen (secondary N) is 1. The van der Waals surface area contributed by atoms with Crippen molar-refractivity contribution in [3.8, 4) is 0 Å². The number of aromatic nitrogens is 1. The number of anilines is 2. The van der Waals surface area contributed by atoms with E-state index in [0.717, 1.165) is 31.7 Å². The predicted octanol–water partition coefficient (Wildman–Crippen LogP) is 3.31. The highest BCUT2D eigenvalue weighted by Crippen LogP contribution is 2.25. The molecule has 4 rings (SSSR count). The van der Waals surface area contributed by atoms with E-state index in [9.17, 15) is 14.0 Å². The molecule has 2 fully saturated rings. The molecule has 0 unspecified atom stereocenters. The van der Waals surface area contributed by atoms with E-state index in [1.165, 1.54) is 6.07 Å². The summed E-state index contributed by atoms with van der Waals surface area (Å²) in [6.45, 7) is 2.98. The normalized spacial score (nSPS) is 17.4. The van der Waals surface area contributed by atoms with Gasteiger partial charge in [-0.15, -0.1) is 0 Å². The molecule has 2 amide bonds. The lowest BCUT2D eigenvalue weighted by Crippen LogP contribution is -2.38. The third-order valence-electron chi connectivity index (χ3n) is 5.71. The number of carbonyl (C=O) groups is 2. The van der Waals surface area contributed by atoms with Gasteiger partial charge in [0.1, 0.15) is 11.6 Å². The fraction of sp³-hybridized carbons (Fsp3) is 0.409. The summed E-state index contributed by atoms with van der Waals surface area (Å²) in [4.78, 5) is 33.5. The van der Waals surface area contributed by atoms with Crippen LogP contribution >= 0.6 is 0 Å². The first kappa shape index (κ1) is 19.4. The Kier molecular flexibility index (Phi) is 5.74. The summed E-state index contributed by atoms with van der Waals surface area (Å²) in [6.07, 6.45) is 5.12. The number of rotatable bonds is 4. The van der Waals surface area contributed by atoms with E-state index in [0.29, 0.717) is 31.5 Å². The van der Waals surface area contributed by atoms with Crippen molar-refractivity contribution in [2.45, 2.75) is 25.7 Å². The van der Waals surface area contributed by atoms with Crippen molar-refractivity contribution in [3.05, 3.63) is 54.0 Å². The second kappa shape index (κ2) is 8.59. The monoisotopic (exact) mass is 396 g/mol. The molecule has 1 N–H and O–H groups in total. The van der Waals surface area contributed by atoms with Gasteiger partial charge in [0.15, 0.2) is 0 Å². The van der Waals surface area contributed by atoms with Crippen LogP contribution in [0.2, 0.25) is 0 Å². The fourth-order valence-corrected chi connectivity index (χ4v) is 4.00. The molecule has 1 aromatic carbocycles. The largest absolute Gasteiger partial charge is 0.357 e. The van der Waals surface area contributed by atoms with Crippen molar-refractivity contribution < 1.29 is 14.0 Å². The van der Waals surface area contributed by atoms with E-state index in [1.807, 2.05) is 11.0 Å². The zero-order valence-electron chi connectivity index (χ0n) is 16.3. The number of piperidine rings is 1. The molecule has 3 heterocycles. The maximum atomic E-state index is 13.8. The number of hydrogen-bond acceptors (Lipinski definition) is 4. The molecule has 7 heteroatoms. The van der Waals surface area contributed by atoms with Crippen LogP contribution in [-0.2, 0) is 4.79 Å². The smallest absolute Gasteiger partial charge is 0.254 e. The lowest BCUT2D eigenvalue weighted by atomic mass is 9.95. The summed E-state index contributed by atoms with van der Waals surface area (Å²) in [5.74, 6) is 0.0798. The molecule has 0 saturated carbocycles. The van der Waals surface area contributed by atoms with Crippen molar-refractivity contribution in [3.63, 3.8) is 0 Å². The highest BCUT2D eigenvalue weighted by Gasteiger charge is 2.27. The minimum atomic E-state index is -0.429. The van der Waals surface area contributed by atoms with Crippen LogP contribution in [0.1, 0.15) is 36.0 Å². The van der Waals surface area contributed by atoms with E-state index in [4.69, 9.17) is 0 Å². The molecule has 2 aromatic rings. The van der Waals surface area contributed by atoms with Crippen LogP contribution in [0.25, 0.3) is 0 Å². The zero-order valence-corrected chi connectivity index (χ0v) is 16.3. The first-order valence-electron chi connectivity index (χ1n) is 10.2. The molecule has 6 nitrogen and oxygen atoms in total. The van der Waals surface area contributed by atoms with Gasteiger partial charge >= 0.3 is 0 Å². The minimum absolute atomic E-state index is 0.0605. The van der Waals surface area contributed by atoms with E-state index in [-0.39, 0.29) is 23.4 Å². The van der Waals surface area contributed by atoms with Gasteiger partial charge in [0.25, 0.3) is 5.91 Å². The Labute approximate surface area is 169 Å². The molecular weight excluding hydrogens is 371 g/mol. The Morgan fingerprint density at radius 1 is 1.03 bits per heavy atom. The third-order valence-corrected chi connectivity index (χ3v) is 5.71. The number of hydrogen-bond donors (Lipinski definition) is 1. The molecule has 2 aliphatic rings. The lowest BCUT2D eigenvalue weighted by molar-refractivity contribution is -0.120. The maximum Gasteiger partial charge on any atom is 0.254 e. The van der Waals surface area contributed by atoms with Gasteiger partial charge in [-0.05, 0) is 49.9 Å². The van der Waals surface area contributed by atoms with Crippen molar-refractivity contribution in [2.24, 2.45) is 5.92 Å². The Balaban J connectivity index is 1.36. The van der Waals surface area contributed by atoms with E-state index in [2.05, 4.69) is 15.2 Å². The number of para-hydroxylation sites is 1. The molecule has 0 atom stereocenters. The van der Waals surface area contributed by atoms with Crippen LogP contribution in [0, 0.1) is 11.7 Å². The van der Waals surface area contributed by atoms with Gasteiger partial charge in [-0.2, -0.15) is 0 Å². The third kappa shape index (κ3) is 4.39. The van der Waals surface area contributed by atoms with Gasteiger partial charge in [-0.25, -0.2) is 9.37 Å². The van der Waals surface area contributed by atoms with Crippen molar-refractivity contribution >= 4 is 23.3 Å². The van der Waals surface area contributed by atoms with Crippen LogP contribution in [0.4, 0.5) is 15.9 Å². The van der Waals surface area contributed by atoms with Crippen LogP contribution in [-0.4, -0.2) is 47.9 Å². The van der Waals surface area contributed by atoms with Gasteiger partial charge < -0.3 is 15.1 Å². The zero-order chi connectivity index (χ0) is 20.2. The maximum absolute atomic E-state index is 13.8. The summed E-state index contributed by atoms with van der Waals surface area (Å²) in [7, 11) is 0. The highest BCUT2D eigenvalue weighted by molar-refractivity contribution is 5.95. The molecule has 0 spiro atoms. The van der Waals surface area contributed by atoms with Crippen LogP contribution in [0.3, 0.4) is 0 Å². The molecule has 0 bridgehead atoms. The highest BCUT2D eigenvalue weighted by atomic mass is 19.1. The number of benzene rings is 1. The Hall–Kier alpha value is -2.96. The van der Waals surface area contributed by atoms with Gasteiger partial charge in [0, 0.05) is 43.9 Å². The summed E-state index contributed by atoms with van der Waals surface area (Å²) in [5, 5.41) is 2.69.